The molecule has 1 aromatic carbocycles. The fourth-order valence-electron chi connectivity index (χ4n) is 2.53. The summed E-state index contributed by atoms with van der Waals surface area (Å²) in [5.41, 5.74) is 0.447. The number of hydrogen-bond acceptors (Lipinski definition) is 5. The van der Waals surface area contributed by atoms with E-state index in [2.05, 4.69) is 5.10 Å². The summed E-state index contributed by atoms with van der Waals surface area (Å²) in [7, 11) is 1.58. The Hall–Kier alpha value is -2.57. The van der Waals surface area contributed by atoms with E-state index in [1.54, 1.807) is 18.6 Å². The largest absolute Gasteiger partial charge is 0.496 e. The van der Waals surface area contributed by atoms with Crippen molar-refractivity contribution in [3.63, 3.8) is 0 Å². The molecule has 3 rings (SSSR count). The molecular formula is C16H19N3O4. The zero-order valence-corrected chi connectivity index (χ0v) is 13.2. The number of hydrogen-bond donors (Lipinski definition) is 0. The Balaban J connectivity index is 2.06. The van der Waals surface area contributed by atoms with E-state index in [1.165, 1.54) is 0 Å². The van der Waals surface area contributed by atoms with Crippen LogP contribution in [0.3, 0.4) is 0 Å². The van der Waals surface area contributed by atoms with Crippen molar-refractivity contribution < 1.29 is 14.3 Å². The molecule has 7 nitrogen and oxygen atoms in total. The van der Waals surface area contributed by atoms with Crippen LogP contribution in [0.15, 0.2) is 29.1 Å². The average molecular weight is 317 g/mol. The molecule has 0 atom stereocenters. The van der Waals surface area contributed by atoms with Gasteiger partial charge in [0.2, 0.25) is 0 Å². The van der Waals surface area contributed by atoms with E-state index in [1.807, 2.05) is 24.3 Å². The Morgan fingerprint density at radius 3 is 2.74 bits per heavy atom. The van der Waals surface area contributed by atoms with Crippen LogP contribution in [-0.2, 0) is 16.1 Å². The summed E-state index contributed by atoms with van der Waals surface area (Å²) in [4.78, 5) is 24.3. The summed E-state index contributed by atoms with van der Waals surface area (Å²) < 4.78 is 13.1. The van der Waals surface area contributed by atoms with Crippen molar-refractivity contribution in [1.29, 1.82) is 0 Å². The third-order valence-corrected chi connectivity index (χ3v) is 3.71. The molecule has 0 saturated heterocycles. The lowest BCUT2D eigenvalue weighted by Gasteiger charge is -2.08. The van der Waals surface area contributed by atoms with E-state index in [0.29, 0.717) is 11.6 Å². The van der Waals surface area contributed by atoms with Crippen molar-refractivity contribution in [3.05, 3.63) is 34.7 Å². The van der Waals surface area contributed by atoms with E-state index in [0.717, 1.165) is 23.1 Å². The van der Waals surface area contributed by atoms with Crippen LogP contribution >= 0.6 is 0 Å². The van der Waals surface area contributed by atoms with Gasteiger partial charge in [-0.25, -0.2) is 9.48 Å². The van der Waals surface area contributed by atoms with Crippen molar-refractivity contribution in [3.8, 4) is 17.1 Å². The Morgan fingerprint density at radius 2 is 2.09 bits per heavy atom. The third kappa shape index (κ3) is 2.99. The minimum absolute atomic E-state index is 0.137. The zero-order valence-electron chi connectivity index (χ0n) is 13.2. The number of carbonyl (C=O) groups excluding carboxylic acids is 1. The van der Waals surface area contributed by atoms with Gasteiger partial charge < -0.3 is 9.47 Å². The quantitative estimate of drug-likeness (QED) is 0.757. The lowest BCUT2D eigenvalue weighted by molar-refractivity contribution is -0.144. The molecule has 0 aliphatic heterocycles. The van der Waals surface area contributed by atoms with Gasteiger partial charge in [0.1, 0.15) is 12.3 Å². The van der Waals surface area contributed by atoms with Gasteiger partial charge in [0.25, 0.3) is 0 Å². The van der Waals surface area contributed by atoms with Gasteiger partial charge in [-0.05, 0) is 31.9 Å². The smallest absolute Gasteiger partial charge is 0.347 e. The number of methoxy groups -OCH3 is 1. The van der Waals surface area contributed by atoms with Gasteiger partial charge in [-0.3, -0.25) is 9.36 Å². The van der Waals surface area contributed by atoms with Crippen molar-refractivity contribution in [2.24, 2.45) is 0 Å². The number of benzene rings is 1. The molecule has 1 saturated carbocycles. The van der Waals surface area contributed by atoms with Gasteiger partial charge in [0.15, 0.2) is 5.82 Å². The Kier molecular flexibility index (Phi) is 4.18. The van der Waals surface area contributed by atoms with Crippen LogP contribution in [0.5, 0.6) is 5.75 Å². The molecule has 1 heterocycles. The molecule has 0 bridgehead atoms. The van der Waals surface area contributed by atoms with Crippen LogP contribution in [0.25, 0.3) is 11.4 Å². The highest BCUT2D eigenvalue weighted by atomic mass is 16.5. The molecule has 2 aromatic rings. The molecule has 122 valence electrons. The van der Waals surface area contributed by atoms with Crippen LogP contribution < -0.4 is 10.4 Å². The van der Waals surface area contributed by atoms with Crippen molar-refractivity contribution >= 4 is 5.97 Å². The highest BCUT2D eigenvalue weighted by molar-refractivity contribution is 5.69. The molecule has 1 fully saturated rings. The molecule has 0 amide bonds. The molecule has 1 aliphatic rings. The molecule has 1 aliphatic carbocycles. The van der Waals surface area contributed by atoms with Crippen LogP contribution in [0, 0.1) is 0 Å². The first-order chi connectivity index (χ1) is 11.2. The van der Waals surface area contributed by atoms with Crippen molar-refractivity contribution in [2.75, 3.05) is 13.7 Å². The maximum absolute atomic E-state index is 12.6. The van der Waals surface area contributed by atoms with Crippen molar-refractivity contribution in [1.82, 2.24) is 14.3 Å². The molecule has 7 heteroatoms. The number of rotatable bonds is 6. The first-order valence-electron chi connectivity index (χ1n) is 7.64. The maximum Gasteiger partial charge on any atom is 0.347 e. The van der Waals surface area contributed by atoms with E-state index in [-0.39, 0.29) is 24.9 Å². The number of carbonyl (C=O) groups is 1. The van der Waals surface area contributed by atoms with E-state index in [9.17, 15) is 9.59 Å². The standard InChI is InChI=1S/C16H19N3O4/c1-3-23-14(20)10-18-16(21)19(11-8-9-11)15(17-18)12-6-4-5-7-13(12)22-2/h4-7,11H,3,8-10H2,1-2H3. The summed E-state index contributed by atoms with van der Waals surface area (Å²) in [6.45, 7) is 1.81. The van der Waals surface area contributed by atoms with Crippen LogP contribution in [-0.4, -0.2) is 34.0 Å². The summed E-state index contributed by atoms with van der Waals surface area (Å²) in [5, 5.41) is 4.36. The summed E-state index contributed by atoms with van der Waals surface area (Å²) in [5.74, 6) is 0.698. The predicted octanol–water partition coefficient (Wildman–Crippen LogP) is 1.62. The van der Waals surface area contributed by atoms with E-state index in [4.69, 9.17) is 9.47 Å². The number of ether oxygens (including phenoxy) is 2. The second-order valence-electron chi connectivity index (χ2n) is 5.37. The Morgan fingerprint density at radius 1 is 1.35 bits per heavy atom. The highest BCUT2D eigenvalue weighted by Crippen LogP contribution is 2.38. The zero-order chi connectivity index (χ0) is 16.4. The number of nitrogens with zero attached hydrogens (tertiary/aromatic N) is 3. The molecule has 1 aromatic heterocycles. The minimum atomic E-state index is -0.471. The summed E-state index contributed by atoms with van der Waals surface area (Å²) in [6, 6.07) is 7.54. The molecule has 0 spiro atoms. The minimum Gasteiger partial charge on any atom is -0.496 e. The van der Waals surface area contributed by atoms with Crippen LogP contribution in [0.2, 0.25) is 0 Å². The van der Waals surface area contributed by atoms with Gasteiger partial charge in [-0.15, -0.1) is 5.10 Å². The lowest BCUT2D eigenvalue weighted by atomic mass is 10.2. The fraction of sp³-hybridized carbons (Fsp3) is 0.438. The van der Waals surface area contributed by atoms with E-state index < -0.39 is 5.97 Å². The van der Waals surface area contributed by atoms with Crippen molar-refractivity contribution in [2.45, 2.75) is 32.4 Å². The first-order valence-corrected chi connectivity index (χ1v) is 7.64. The van der Waals surface area contributed by atoms with Gasteiger partial charge in [0.05, 0.1) is 19.3 Å². The monoisotopic (exact) mass is 317 g/mol. The average Bonchev–Trinajstić information content (AvgIpc) is 3.33. The third-order valence-electron chi connectivity index (χ3n) is 3.71. The Labute approximate surface area is 133 Å². The predicted molar refractivity (Wildman–Crippen MR) is 83.4 cm³/mol. The molecule has 0 N–H and O–H groups in total. The maximum atomic E-state index is 12.6. The molecule has 0 radical (unpaired) electrons. The van der Waals surface area contributed by atoms with Gasteiger partial charge in [0, 0.05) is 6.04 Å². The number of esters is 1. The normalized spacial score (nSPS) is 13.8. The molecular weight excluding hydrogens is 298 g/mol. The SMILES string of the molecule is CCOC(=O)Cn1nc(-c2ccccc2OC)n(C2CC2)c1=O. The summed E-state index contributed by atoms with van der Waals surface area (Å²) >= 11 is 0. The van der Waals surface area contributed by atoms with Crippen LogP contribution in [0.4, 0.5) is 0 Å². The summed E-state index contributed by atoms with van der Waals surface area (Å²) in [6.07, 6.45) is 1.88. The van der Waals surface area contributed by atoms with Crippen LogP contribution in [0.1, 0.15) is 25.8 Å². The number of para-hydroxylation sites is 1. The lowest BCUT2D eigenvalue weighted by Crippen LogP contribution is -2.28. The molecule has 23 heavy (non-hydrogen) atoms. The number of aromatic nitrogens is 3. The first kappa shape index (κ1) is 15.3. The Bertz CT molecular complexity index is 774. The second kappa shape index (κ2) is 6.28. The van der Waals surface area contributed by atoms with Gasteiger partial charge >= 0.3 is 11.7 Å². The fourth-order valence-corrected chi connectivity index (χ4v) is 2.53. The highest BCUT2D eigenvalue weighted by Gasteiger charge is 2.31. The molecule has 0 unspecified atom stereocenters. The second-order valence-corrected chi connectivity index (χ2v) is 5.37. The van der Waals surface area contributed by atoms with Gasteiger partial charge in [-0.1, -0.05) is 12.1 Å². The topological polar surface area (TPSA) is 75.4 Å². The van der Waals surface area contributed by atoms with E-state index >= 15 is 0 Å². The van der Waals surface area contributed by atoms with Gasteiger partial charge in [-0.2, -0.15) is 0 Å².